The molecular formula is C20H26N2O2. The van der Waals surface area contributed by atoms with Gasteiger partial charge in [-0.1, -0.05) is 30.3 Å². The quantitative estimate of drug-likeness (QED) is 0.631. The summed E-state index contributed by atoms with van der Waals surface area (Å²) in [7, 11) is 0. The number of nitrogen functional groups attached to an aromatic ring is 1. The Morgan fingerprint density at radius 3 is 2.54 bits per heavy atom. The molecule has 4 heteroatoms. The van der Waals surface area contributed by atoms with Gasteiger partial charge in [-0.25, -0.2) is 0 Å². The van der Waals surface area contributed by atoms with E-state index in [1.54, 1.807) is 18.2 Å². The molecule has 0 spiro atoms. The first-order valence-corrected chi connectivity index (χ1v) is 8.68. The Balaban J connectivity index is 1.37. The van der Waals surface area contributed by atoms with E-state index in [1.807, 2.05) is 0 Å². The van der Waals surface area contributed by atoms with E-state index in [9.17, 15) is 5.11 Å². The Kier molecular flexibility index (Phi) is 5.59. The van der Waals surface area contributed by atoms with Crippen LogP contribution in [0.25, 0.3) is 0 Å². The molecule has 0 unspecified atom stereocenters. The topological polar surface area (TPSA) is 58.7 Å². The first kappa shape index (κ1) is 16.7. The summed E-state index contributed by atoms with van der Waals surface area (Å²) in [6.45, 7) is 3.85. The largest absolute Gasteiger partial charge is 0.506 e. The van der Waals surface area contributed by atoms with Gasteiger partial charge in [-0.15, -0.1) is 0 Å². The van der Waals surface area contributed by atoms with Crippen LogP contribution in [-0.4, -0.2) is 36.2 Å². The maximum atomic E-state index is 9.41. The van der Waals surface area contributed by atoms with Crippen molar-refractivity contribution in [3.8, 4) is 11.5 Å². The lowest BCUT2D eigenvalue weighted by Gasteiger charge is -2.31. The molecule has 128 valence electrons. The molecule has 1 aliphatic heterocycles. The molecular weight excluding hydrogens is 300 g/mol. The van der Waals surface area contributed by atoms with Crippen molar-refractivity contribution in [2.75, 3.05) is 32.0 Å². The van der Waals surface area contributed by atoms with Gasteiger partial charge < -0.3 is 15.6 Å². The molecule has 4 nitrogen and oxygen atoms in total. The SMILES string of the molecule is Nc1cc(OCCN2CCC(Cc3ccccc3)CC2)ccc1O. The van der Waals surface area contributed by atoms with E-state index < -0.39 is 0 Å². The third-order valence-electron chi connectivity index (χ3n) is 4.75. The van der Waals surface area contributed by atoms with Gasteiger partial charge >= 0.3 is 0 Å². The van der Waals surface area contributed by atoms with Gasteiger partial charge in [0.1, 0.15) is 18.1 Å². The number of benzene rings is 2. The van der Waals surface area contributed by atoms with Crippen LogP contribution in [0.15, 0.2) is 48.5 Å². The van der Waals surface area contributed by atoms with Crippen molar-refractivity contribution < 1.29 is 9.84 Å². The number of rotatable bonds is 6. The van der Waals surface area contributed by atoms with E-state index >= 15 is 0 Å². The summed E-state index contributed by atoms with van der Waals surface area (Å²) in [5, 5.41) is 9.41. The van der Waals surface area contributed by atoms with Crippen molar-refractivity contribution in [3.05, 3.63) is 54.1 Å². The number of piperidine rings is 1. The van der Waals surface area contributed by atoms with Crippen LogP contribution in [0, 0.1) is 5.92 Å². The summed E-state index contributed by atoms with van der Waals surface area (Å²) in [6.07, 6.45) is 3.69. The summed E-state index contributed by atoms with van der Waals surface area (Å²) >= 11 is 0. The van der Waals surface area contributed by atoms with Crippen LogP contribution >= 0.6 is 0 Å². The number of nitrogens with two attached hydrogens (primary N) is 1. The normalized spacial score (nSPS) is 16.2. The maximum Gasteiger partial charge on any atom is 0.138 e. The molecule has 24 heavy (non-hydrogen) atoms. The smallest absolute Gasteiger partial charge is 0.138 e. The highest BCUT2D eigenvalue weighted by atomic mass is 16.5. The van der Waals surface area contributed by atoms with Gasteiger partial charge in [0.25, 0.3) is 0 Å². The van der Waals surface area contributed by atoms with Gasteiger partial charge in [0, 0.05) is 12.6 Å². The van der Waals surface area contributed by atoms with Crippen LogP contribution < -0.4 is 10.5 Å². The number of ether oxygens (including phenoxy) is 1. The van der Waals surface area contributed by atoms with Crippen molar-refractivity contribution in [1.82, 2.24) is 4.90 Å². The van der Waals surface area contributed by atoms with Crippen LogP contribution in [0.3, 0.4) is 0 Å². The Labute approximate surface area is 143 Å². The monoisotopic (exact) mass is 326 g/mol. The molecule has 3 N–H and O–H groups in total. The number of phenols is 1. The summed E-state index contributed by atoms with van der Waals surface area (Å²) in [5.74, 6) is 1.61. The zero-order chi connectivity index (χ0) is 16.8. The first-order valence-electron chi connectivity index (χ1n) is 8.68. The highest BCUT2D eigenvalue weighted by Gasteiger charge is 2.19. The van der Waals surface area contributed by atoms with Crippen LogP contribution in [-0.2, 0) is 6.42 Å². The zero-order valence-electron chi connectivity index (χ0n) is 14.0. The molecule has 1 heterocycles. The molecule has 0 bridgehead atoms. The van der Waals surface area contributed by atoms with Crippen LogP contribution in [0.1, 0.15) is 18.4 Å². The Morgan fingerprint density at radius 1 is 1.08 bits per heavy atom. The standard InChI is InChI=1S/C20H26N2O2/c21-19-15-18(6-7-20(19)23)24-13-12-22-10-8-17(9-11-22)14-16-4-2-1-3-5-16/h1-7,15,17,23H,8-14,21H2. The molecule has 1 fully saturated rings. The van der Waals surface area contributed by atoms with E-state index in [0.29, 0.717) is 18.0 Å². The molecule has 2 aromatic rings. The third kappa shape index (κ3) is 4.65. The van der Waals surface area contributed by atoms with Crippen molar-refractivity contribution >= 4 is 5.69 Å². The Hall–Kier alpha value is -2.20. The molecule has 0 aliphatic carbocycles. The van der Waals surface area contributed by atoms with Gasteiger partial charge in [-0.3, -0.25) is 4.90 Å². The maximum absolute atomic E-state index is 9.41. The van der Waals surface area contributed by atoms with E-state index in [-0.39, 0.29) is 5.75 Å². The number of likely N-dealkylation sites (tertiary alicyclic amines) is 1. The first-order chi connectivity index (χ1) is 11.7. The second-order valence-electron chi connectivity index (χ2n) is 6.54. The fourth-order valence-corrected chi connectivity index (χ4v) is 3.28. The predicted molar refractivity (Wildman–Crippen MR) is 97.3 cm³/mol. The minimum Gasteiger partial charge on any atom is -0.506 e. The van der Waals surface area contributed by atoms with E-state index in [1.165, 1.54) is 24.8 Å². The highest BCUT2D eigenvalue weighted by molar-refractivity contribution is 5.55. The summed E-state index contributed by atoms with van der Waals surface area (Å²) in [4.78, 5) is 2.46. The fourth-order valence-electron chi connectivity index (χ4n) is 3.28. The van der Waals surface area contributed by atoms with E-state index in [0.717, 1.165) is 25.6 Å². The van der Waals surface area contributed by atoms with Gasteiger partial charge in [0.2, 0.25) is 0 Å². The summed E-state index contributed by atoms with van der Waals surface area (Å²) in [6, 6.07) is 15.8. The molecule has 1 aliphatic rings. The number of anilines is 1. The lowest BCUT2D eigenvalue weighted by atomic mass is 9.90. The van der Waals surface area contributed by atoms with Gasteiger partial charge in [-0.05, 0) is 56.0 Å². The van der Waals surface area contributed by atoms with Crippen LogP contribution in [0.4, 0.5) is 5.69 Å². The zero-order valence-corrected chi connectivity index (χ0v) is 14.0. The average Bonchev–Trinajstić information content (AvgIpc) is 2.60. The van der Waals surface area contributed by atoms with Gasteiger partial charge in [0.15, 0.2) is 0 Å². The predicted octanol–water partition coefficient (Wildman–Crippen LogP) is 3.31. The van der Waals surface area contributed by atoms with Crippen LogP contribution in [0.5, 0.6) is 11.5 Å². The molecule has 2 aromatic carbocycles. The Bertz CT molecular complexity index is 637. The van der Waals surface area contributed by atoms with E-state index in [4.69, 9.17) is 10.5 Å². The molecule has 0 atom stereocenters. The number of hydrogen-bond acceptors (Lipinski definition) is 4. The summed E-state index contributed by atoms with van der Waals surface area (Å²) in [5.41, 5.74) is 7.48. The van der Waals surface area contributed by atoms with Crippen molar-refractivity contribution in [3.63, 3.8) is 0 Å². The molecule has 0 radical (unpaired) electrons. The average molecular weight is 326 g/mol. The number of nitrogens with zero attached hydrogens (tertiary/aromatic N) is 1. The van der Waals surface area contributed by atoms with Gasteiger partial charge in [0.05, 0.1) is 5.69 Å². The van der Waals surface area contributed by atoms with Crippen molar-refractivity contribution in [2.45, 2.75) is 19.3 Å². The number of hydrogen-bond donors (Lipinski definition) is 2. The third-order valence-corrected chi connectivity index (χ3v) is 4.75. The van der Waals surface area contributed by atoms with Crippen LogP contribution in [0.2, 0.25) is 0 Å². The highest BCUT2D eigenvalue weighted by Crippen LogP contribution is 2.25. The van der Waals surface area contributed by atoms with Crippen molar-refractivity contribution in [1.29, 1.82) is 0 Å². The number of phenolic OH excluding ortho intramolecular Hbond substituents is 1. The minimum absolute atomic E-state index is 0.0999. The lowest BCUT2D eigenvalue weighted by Crippen LogP contribution is -2.37. The lowest BCUT2D eigenvalue weighted by molar-refractivity contribution is 0.155. The Morgan fingerprint density at radius 2 is 1.83 bits per heavy atom. The molecule has 3 rings (SSSR count). The van der Waals surface area contributed by atoms with Gasteiger partial charge in [-0.2, -0.15) is 0 Å². The summed E-state index contributed by atoms with van der Waals surface area (Å²) < 4.78 is 5.73. The second-order valence-corrected chi connectivity index (χ2v) is 6.54. The molecule has 0 aromatic heterocycles. The molecule has 0 amide bonds. The van der Waals surface area contributed by atoms with Crippen molar-refractivity contribution in [2.24, 2.45) is 5.92 Å². The fraction of sp³-hybridized carbons (Fsp3) is 0.400. The second kappa shape index (κ2) is 8.06. The minimum atomic E-state index is 0.0999. The molecule has 0 saturated carbocycles. The molecule has 1 saturated heterocycles. The number of aromatic hydroxyl groups is 1. The van der Waals surface area contributed by atoms with E-state index in [2.05, 4.69) is 35.2 Å².